The fraction of sp³-hybridized carbons (Fsp3) is 0.143. The summed E-state index contributed by atoms with van der Waals surface area (Å²) >= 11 is 0. The standard InChI is InChI=1S/C7H3N5/c8-1-5(2-9)6(3-10)7(12)4-11/h5H,12H2/b7-6+. The van der Waals surface area contributed by atoms with Crippen molar-refractivity contribution in [2.75, 3.05) is 0 Å². The summed E-state index contributed by atoms with van der Waals surface area (Å²) in [5.74, 6) is -1.25. The van der Waals surface area contributed by atoms with Crippen LogP contribution in [0.3, 0.4) is 0 Å². The first-order valence-electron chi connectivity index (χ1n) is 2.80. The zero-order valence-corrected chi connectivity index (χ0v) is 5.94. The van der Waals surface area contributed by atoms with Gasteiger partial charge in [0.15, 0.2) is 5.92 Å². The van der Waals surface area contributed by atoms with Crippen molar-refractivity contribution in [1.82, 2.24) is 0 Å². The summed E-state index contributed by atoms with van der Waals surface area (Å²) in [5, 5.41) is 33.4. The summed E-state index contributed by atoms with van der Waals surface area (Å²) in [7, 11) is 0. The molecule has 0 saturated heterocycles. The molecule has 5 heteroatoms. The zero-order chi connectivity index (χ0) is 9.56. The Hall–Kier alpha value is -2.50. The van der Waals surface area contributed by atoms with Crippen LogP contribution in [0.2, 0.25) is 0 Å². The summed E-state index contributed by atoms with van der Waals surface area (Å²) in [6.45, 7) is 0. The second kappa shape index (κ2) is 4.34. The molecule has 0 aromatic carbocycles. The SMILES string of the molecule is N#C/C(N)=C(/C#N)C(C#N)C#N. The number of nitrogens with two attached hydrogens (primary N) is 1. The molecule has 0 heterocycles. The van der Waals surface area contributed by atoms with Crippen LogP contribution in [-0.2, 0) is 0 Å². The highest BCUT2D eigenvalue weighted by atomic mass is 14.6. The first-order chi connectivity index (χ1) is 5.71. The van der Waals surface area contributed by atoms with E-state index in [4.69, 9.17) is 26.8 Å². The molecule has 0 aliphatic carbocycles. The van der Waals surface area contributed by atoms with Crippen LogP contribution in [0.1, 0.15) is 0 Å². The minimum atomic E-state index is -1.25. The van der Waals surface area contributed by atoms with Gasteiger partial charge in [-0.15, -0.1) is 0 Å². The van der Waals surface area contributed by atoms with Gasteiger partial charge in [0.1, 0.15) is 17.8 Å². The third-order valence-corrected chi connectivity index (χ3v) is 1.08. The number of nitriles is 4. The van der Waals surface area contributed by atoms with Gasteiger partial charge in [0.2, 0.25) is 0 Å². The van der Waals surface area contributed by atoms with Crippen LogP contribution in [0.25, 0.3) is 0 Å². The molecule has 0 amide bonds. The van der Waals surface area contributed by atoms with Gasteiger partial charge in [-0.25, -0.2) is 0 Å². The molecular formula is C7H3N5. The molecule has 12 heavy (non-hydrogen) atoms. The van der Waals surface area contributed by atoms with Gasteiger partial charge in [-0.2, -0.15) is 21.0 Å². The molecule has 5 nitrogen and oxygen atoms in total. The van der Waals surface area contributed by atoms with Gasteiger partial charge < -0.3 is 5.73 Å². The molecule has 0 aliphatic rings. The highest BCUT2D eigenvalue weighted by Crippen LogP contribution is 2.09. The molecule has 56 valence electrons. The molecule has 0 aliphatic heterocycles. The Morgan fingerprint density at radius 2 is 1.50 bits per heavy atom. The van der Waals surface area contributed by atoms with E-state index in [0.717, 1.165) is 0 Å². The van der Waals surface area contributed by atoms with Gasteiger partial charge >= 0.3 is 0 Å². The predicted octanol–water partition coefficient (Wildman–Crippen LogP) is -0.0903. The zero-order valence-electron chi connectivity index (χ0n) is 5.94. The lowest BCUT2D eigenvalue weighted by atomic mass is 10.0. The van der Waals surface area contributed by atoms with Crippen LogP contribution in [0.5, 0.6) is 0 Å². The Balaban J connectivity index is 5.17. The summed E-state index contributed by atoms with van der Waals surface area (Å²) in [5.41, 5.74) is 4.40. The quantitative estimate of drug-likeness (QED) is 0.533. The van der Waals surface area contributed by atoms with E-state index in [1.165, 1.54) is 6.07 Å². The molecule has 0 aromatic heterocycles. The van der Waals surface area contributed by atoms with Gasteiger partial charge in [-0.1, -0.05) is 0 Å². The average Bonchev–Trinajstić information content (AvgIpc) is 2.12. The lowest BCUT2D eigenvalue weighted by molar-refractivity contribution is 1.01. The molecule has 0 atom stereocenters. The van der Waals surface area contributed by atoms with Crippen LogP contribution >= 0.6 is 0 Å². The molecule has 2 N–H and O–H groups in total. The number of allylic oxidation sites excluding steroid dienone is 2. The minimum Gasteiger partial charge on any atom is -0.389 e. The summed E-state index contributed by atoms with van der Waals surface area (Å²) in [6, 6.07) is 6.13. The predicted molar refractivity (Wildman–Crippen MR) is 37.2 cm³/mol. The molecule has 0 rings (SSSR count). The lowest BCUT2D eigenvalue weighted by Crippen LogP contribution is -2.06. The smallest absolute Gasteiger partial charge is 0.170 e. The summed E-state index contributed by atoms with van der Waals surface area (Å²) in [4.78, 5) is 0. The second-order valence-corrected chi connectivity index (χ2v) is 1.74. The van der Waals surface area contributed by atoms with Crippen LogP contribution in [0, 0.1) is 51.2 Å². The maximum Gasteiger partial charge on any atom is 0.170 e. The summed E-state index contributed by atoms with van der Waals surface area (Å²) in [6.07, 6.45) is 0. The Bertz CT molecular complexity index is 351. The van der Waals surface area contributed by atoms with E-state index in [1.54, 1.807) is 18.2 Å². The number of hydrogen-bond donors (Lipinski definition) is 1. The molecule has 0 saturated carbocycles. The van der Waals surface area contributed by atoms with Crippen LogP contribution in [-0.4, -0.2) is 0 Å². The molecule has 0 bridgehead atoms. The topological polar surface area (TPSA) is 121 Å². The van der Waals surface area contributed by atoms with Gasteiger partial charge in [0.05, 0.1) is 17.7 Å². The molecular weight excluding hydrogens is 154 g/mol. The van der Waals surface area contributed by atoms with E-state index in [9.17, 15) is 0 Å². The van der Waals surface area contributed by atoms with Crippen molar-refractivity contribution < 1.29 is 0 Å². The van der Waals surface area contributed by atoms with Crippen molar-refractivity contribution in [2.24, 2.45) is 11.7 Å². The van der Waals surface area contributed by atoms with Crippen molar-refractivity contribution in [2.45, 2.75) is 0 Å². The third-order valence-electron chi connectivity index (χ3n) is 1.08. The molecule has 0 aromatic rings. The van der Waals surface area contributed by atoms with Crippen molar-refractivity contribution in [3.63, 3.8) is 0 Å². The summed E-state index contributed by atoms with van der Waals surface area (Å²) < 4.78 is 0. The van der Waals surface area contributed by atoms with Crippen LogP contribution in [0.15, 0.2) is 11.3 Å². The average molecular weight is 157 g/mol. The van der Waals surface area contributed by atoms with Crippen LogP contribution < -0.4 is 5.73 Å². The van der Waals surface area contributed by atoms with E-state index in [0.29, 0.717) is 0 Å². The Morgan fingerprint density at radius 1 is 1.00 bits per heavy atom. The van der Waals surface area contributed by atoms with Gasteiger partial charge in [-0.3, -0.25) is 0 Å². The van der Waals surface area contributed by atoms with Gasteiger partial charge in [-0.05, 0) is 0 Å². The Labute approximate surface area is 69.1 Å². The molecule has 0 radical (unpaired) electrons. The normalized spacial score (nSPS) is 10.1. The third kappa shape index (κ3) is 1.74. The van der Waals surface area contributed by atoms with Gasteiger partial charge in [0, 0.05) is 0 Å². The van der Waals surface area contributed by atoms with Crippen molar-refractivity contribution in [3.05, 3.63) is 11.3 Å². The Morgan fingerprint density at radius 3 is 1.75 bits per heavy atom. The first-order valence-corrected chi connectivity index (χ1v) is 2.80. The molecule has 0 fully saturated rings. The number of hydrogen-bond acceptors (Lipinski definition) is 5. The fourth-order valence-corrected chi connectivity index (χ4v) is 0.498. The highest BCUT2D eigenvalue weighted by Gasteiger charge is 2.15. The monoisotopic (exact) mass is 157 g/mol. The lowest BCUT2D eigenvalue weighted by Gasteiger charge is -1.95. The maximum absolute atomic E-state index is 8.42. The Kier molecular flexibility index (Phi) is 3.43. The van der Waals surface area contributed by atoms with Gasteiger partial charge in [0.25, 0.3) is 0 Å². The maximum atomic E-state index is 8.42. The largest absolute Gasteiger partial charge is 0.389 e. The fourth-order valence-electron chi connectivity index (χ4n) is 0.498. The van der Waals surface area contributed by atoms with E-state index < -0.39 is 5.92 Å². The minimum absolute atomic E-state index is 0.289. The number of nitrogens with zero attached hydrogens (tertiary/aromatic N) is 4. The molecule has 0 unspecified atom stereocenters. The highest BCUT2D eigenvalue weighted by molar-refractivity contribution is 5.42. The van der Waals surface area contributed by atoms with E-state index in [2.05, 4.69) is 0 Å². The van der Waals surface area contributed by atoms with E-state index in [1.807, 2.05) is 0 Å². The van der Waals surface area contributed by atoms with Crippen molar-refractivity contribution in [1.29, 1.82) is 21.0 Å². The van der Waals surface area contributed by atoms with E-state index >= 15 is 0 Å². The van der Waals surface area contributed by atoms with Crippen molar-refractivity contribution in [3.8, 4) is 24.3 Å². The molecule has 0 spiro atoms. The number of rotatable bonds is 1. The second-order valence-electron chi connectivity index (χ2n) is 1.74. The van der Waals surface area contributed by atoms with Crippen LogP contribution in [0.4, 0.5) is 0 Å². The first kappa shape index (κ1) is 9.50. The van der Waals surface area contributed by atoms with Crippen molar-refractivity contribution >= 4 is 0 Å². The van der Waals surface area contributed by atoms with E-state index in [-0.39, 0.29) is 11.3 Å².